The number of hydrogen-bond acceptors (Lipinski definition) is 6. The molecule has 1 aromatic rings. The topological polar surface area (TPSA) is 120 Å². The van der Waals surface area contributed by atoms with E-state index in [1.54, 1.807) is 12.1 Å². The van der Waals surface area contributed by atoms with E-state index in [1.165, 1.54) is 12.1 Å². The number of anilines is 1. The summed E-state index contributed by atoms with van der Waals surface area (Å²) in [5, 5.41) is 16.4. The lowest BCUT2D eigenvalue weighted by Crippen LogP contribution is -2.37. The maximum Gasteiger partial charge on any atom is 0.269 e. The molecule has 0 radical (unpaired) electrons. The molecule has 0 aromatic heterocycles. The standard InChI is InChI=1S/C14H20N4O4.ClH/c15-9-12-5-6-13(22-12)14(19)17-8-7-16-10-1-3-11(4-2-10)18(20)21;/h1-4,12-13,16H,5-9,15H2,(H,17,19);1H/t12-,13+;/m1./s1. The number of halogens is 1. The van der Waals surface area contributed by atoms with Crippen molar-refractivity contribution in [3.63, 3.8) is 0 Å². The van der Waals surface area contributed by atoms with Crippen LogP contribution in [0.15, 0.2) is 24.3 Å². The van der Waals surface area contributed by atoms with Crippen molar-refractivity contribution in [2.75, 3.05) is 25.0 Å². The van der Waals surface area contributed by atoms with Gasteiger partial charge in [0.2, 0.25) is 5.91 Å². The van der Waals surface area contributed by atoms with Crippen molar-refractivity contribution < 1.29 is 14.5 Å². The van der Waals surface area contributed by atoms with Gasteiger partial charge < -0.3 is 21.1 Å². The predicted octanol–water partition coefficient (Wildman–Crippen LogP) is 1.05. The first-order chi connectivity index (χ1) is 10.6. The number of non-ortho nitro benzene ring substituents is 1. The molecule has 1 aliphatic rings. The van der Waals surface area contributed by atoms with Gasteiger partial charge in [-0.1, -0.05) is 0 Å². The smallest absolute Gasteiger partial charge is 0.269 e. The summed E-state index contributed by atoms with van der Waals surface area (Å²) in [6.07, 6.45) is 1.08. The van der Waals surface area contributed by atoms with Gasteiger partial charge in [0.15, 0.2) is 0 Å². The van der Waals surface area contributed by atoms with Gasteiger partial charge in [-0.15, -0.1) is 12.4 Å². The van der Waals surface area contributed by atoms with Crippen molar-refractivity contribution >= 4 is 29.7 Å². The Kier molecular flexibility index (Phi) is 7.73. The molecule has 1 aromatic carbocycles. The number of carbonyl (C=O) groups is 1. The van der Waals surface area contributed by atoms with E-state index in [9.17, 15) is 14.9 Å². The first-order valence-corrected chi connectivity index (χ1v) is 7.21. The summed E-state index contributed by atoms with van der Waals surface area (Å²) in [5.41, 5.74) is 6.31. The molecular formula is C14H21ClN4O4. The van der Waals surface area contributed by atoms with Crippen LogP contribution < -0.4 is 16.4 Å². The van der Waals surface area contributed by atoms with Crippen molar-refractivity contribution in [1.82, 2.24) is 5.32 Å². The van der Waals surface area contributed by atoms with E-state index in [0.29, 0.717) is 26.1 Å². The molecule has 1 saturated heterocycles. The number of hydrogen-bond donors (Lipinski definition) is 3. The van der Waals surface area contributed by atoms with E-state index >= 15 is 0 Å². The average Bonchev–Trinajstić information content (AvgIpc) is 3.01. The Morgan fingerprint density at radius 3 is 2.57 bits per heavy atom. The summed E-state index contributed by atoms with van der Waals surface area (Å²) in [7, 11) is 0. The maximum atomic E-state index is 11.9. The third-order valence-corrected chi connectivity index (χ3v) is 3.49. The number of amides is 1. The Morgan fingerprint density at radius 2 is 2.00 bits per heavy atom. The van der Waals surface area contributed by atoms with Crippen LogP contribution in [0.2, 0.25) is 0 Å². The largest absolute Gasteiger partial charge is 0.383 e. The molecular weight excluding hydrogens is 324 g/mol. The SMILES string of the molecule is Cl.NC[C@H]1CC[C@@H](C(=O)NCCNc2ccc([N+](=O)[O-])cc2)O1. The first kappa shape index (κ1) is 19.1. The number of nitrogens with one attached hydrogen (secondary N) is 2. The van der Waals surface area contributed by atoms with Crippen molar-refractivity contribution in [3.8, 4) is 0 Å². The van der Waals surface area contributed by atoms with Gasteiger partial charge in [-0.3, -0.25) is 14.9 Å². The number of nitrogens with zero attached hydrogens (tertiary/aromatic N) is 1. The summed E-state index contributed by atoms with van der Waals surface area (Å²) >= 11 is 0. The van der Waals surface area contributed by atoms with Crippen LogP contribution in [0.25, 0.3) is 0 Å². The minimum Gasteiger partial charge on any atom is -0.383 e. The lowest BCUT2D eigenvalue weighted by atomic mass is 10.2. The Bertz CT molecular complexity index is 526. The molecule has 2 atom stereocenters. The number of carbonyl (C=O) groups excluding carboxylic acids is 1. The second kappa shape index (κ2) is 9.29. The fourth-order valence-corrected chi connectivity index (χ4v) is 2.28. The Hall–Kier alpha value is -1.90. The molecule has 9 heteroatoms. The first-order valence-electron chi connectivity index (χ1n) is 7.21. The third-order valence-electron chi connectivity index (χ3n) is 3.49. The minimum atomic E-state index is -0.444. The quantitative estimate of drug-likeness (QED) is 0.386. The molecule has 1 amide bonds. The third kappa shape index (κ3) is 5.66. The molecule has 128 valence electrons. The van der Waals surface area contributed by atoms with Crippen molar-refractivity contribution in [3.05, 3.63) is 34.4 Å². The van der Waals surface area contributed by atoms with E-state index in [4.69, 9.17) is 10.5 Å². The van der Waals surface area contributed by atoms with Crippen LogP contribution in [0.1, 0.15) is 12.8 Å². The van der Waals surface area contributed by atoms with Crippen LogP contribution in [0.4, 0.5) is 11.4 Å². The number of rotatable bonds is 7. The van der Waals surface area contributed by atoms with Crippen LogP contribution >= 0.6 is 12.4 Å². The van der Waals surface area contributed by atoms with Crippen LogP contribution in [-0.2, 0) is 9.53 Å². The van der Waals surface area contributed by atoms with E-state index in [1.807, 2.05) is 0 Å². The summed E-state index contributed by atoms with van der Waals surface area (Å²) in [5.74, 6) is -0.124. The van der Waals surface area contributed by atoms with Crippen molar-refractivity contribution in [2.45, 2.75) is 25.0 Å². The summed E-state index contributed by atoms with van der Waals surface area (Å²) in [6.45, 7) is 1.41. The molecule has 1 fully saturated rings. The van der Waals surface area contributed by atoms with Gasteiger partial charge in [0.1, 0.15) is 6.10 Å². The van der Waals surface area contributed by atoms with E-state index < -0.39 is 11.0 Å². The molecule has 0 unspecified atom stereocenters. The molecule has 1 heterocycles. The summed E-state index contributed by atoms with van der Waals surface area (Å²) in [4.78, 5) is 22.0. The van der Waals surface area contributed by atoms with Gasteiger partial charge in [-0.2, -0.15) is 0 Å². The molecule has 2 rings (SSSR count). The molecule has 4 N–H and O–H groups in total. The Morgan fingerprint density at radius 1 is 1.30 bits per heavy atom. The van der Waals surface area contributed by atoms with Gasteiger partial charge in [-0.05, 0) is 25.0 Å². The van der Waals surface area contributed by atoms with Gasteiger partial charge in [-0.25, -0.2) is 0 Å². The monoisotopic (exact) mass is 344 g/mol. The normalized spacial score (nSPS) is 19.7. The van der Waals surface area contributed by atoms with Crippen molar-refractivity contribution in [2.24, 2.45) is 5.73 Å². The molecule has 0 aliphatic carbocycles. The highest BCUT2D eigenvalue weighted by Gasteiger charge is 2.29. The molecule has 0 saturated carbocycles. The van der Waals surface area contributed by atoms with Gasteiger partial charge >= 0.3 is 0 Å². The Balaban J connectivity index is 0.00000264. The minimum absolute atomic E-state index is 0. The van der Waals surface area contributed by atoms with Gasteiger partial charge in [0.25, 0.3) is 5.69 Å². The highest BCUT2D eigenvalue weighted by molar-refractivity contribution is 5.85. The molecule has 0 spiro atoms. The molecule has 0 bridgehead atoms. The highest BCUT2D eigenvalue weighted by atomic mass is 35.5. The zero-order valence-corrected chi connectivity index (χ0v) is 13.4. The number of ether oxygens (including phenoxy) is 1. The summed E-state index contributed by atoms with van der Waals surface area (Å²) in [6, 6.07) is 6.12. The fourth-order valence-electron chi connectivity index (χ4n) is 2.28. The average molecular weight is 345 g/mol. The summed E-state index contributed by atoms with van der Waals surface area (Å²) < 4.78 is 5.50. The zero-order valence-electron chi connectivity index (χ0n) is 12.6. The van der Waals surface area contributed by atoms with Crippen LogP contribution in [-0.4, -0.2) is 42.7 Å². The fraction of sp³-hybridized carbons (Fsp3) is 0.500. The predicted molar refractivity (Wildman–Crippen MR) is 88.8 cm³/mol. The number of nitro groups is 1. The number of nitrogens with two attached hydrogens (primary N) is 1. The maximum absolute atomic E-state index is 11.9. The van der Waals surface area contributed by atoms with Gasteiger partial charge in [0, 0.05) is 37.5 Å². The molecule has 23 heavy (non-hydrogen) atoms. The van der Waals surface area contributed by atoms with E-state index in [2.05, 4.69) is 10.6 Å². The highest BCUT2D eigenvalue weighted by Crippen LogP contribution is 2.18. The second-order valence-electron chi connectivity index (χ2n) is 5.08. The zero-order chi connectivity index (χ0) is 15.9. The van der Waals surface area contributed by atoms with Crippen LogP contribution in [0, 0.1) is 10.1 Å². The second-order valence-corrected chi connectivity index (χ2v) is 5.08. The number of nitro benzene ring substituents is 1. The van der Waals surface area contributed by atoms with E-state index in [-0.39, 0.29) is 30.1 Å². The lowest BCUT2D eigenvalue weighted by molar-refractivity contribution is -0.384. The van der Waals surface area contributed by atoms with Gasteiger partial charge in [0.05, 0.1) is 11.0 Å². The molecule has 1 aliphatic heterocycles. The van der Waals surface area contributed by atoms with Crippen LogP contribution in [0.5, 0.6) is 0 Å². The van der Waals surface area contributed by atoms with Crippen molar-refractivity contribution in [1.29, 1.82) is 0 Å². The Labute approximate surface area is 140 Å². The lowest BCUT2D eigenvalue weighted by Gasteiger charge is -2.13. The number of benzene rings is 1. The molecule has 8 nitrogen and oxygen atoms in total. The van der Waals surface area contributed by atoms with E-state index in [0.717, 1.165) is 12.1 Å². The van der Waals surface area contributed by atoms with Crippen LogP contribution in [0.3, 0.4) is 0 Å².